The molecule has 2 N–H and O–H groups in total. The van der Waals surface area contributed by atoms with Crippen molar-refractivity contribution in [2.24, 2.45) is 0 Å². The quantitative estimate of drug-likeness (QED) is 0.503. The second-order valence-corrected chi connectivity index (χ2v) is 6.46. The first-order valence-electron chi connectivity index (χ1n) is 8.86. The lowest BCUT2D eigenvalue weighted by molar-refractivity contribution is 0.464. The molecule has 2 heteroatoms. The lowest BCUT2D eigenvalue weighted by Crippen LogP contribution is -2.12. The van der Waals surface area contributed by atoms with Crippen LogP contribution in [0.2, 0.25) is 0 Å². The van der Waals surface area contributed by atoms with E-state index >= 15 is 0 Å². The Morgan fingerprint density at radius 1 is 0.692 bits per heavy atom. The zero-order valence-corrected chi connectivity index (χ0v) is 14.5. The first-order valence-corrected chi connectivity index (χ1v) is 8.86. The Morgan fingerprint density at radius 3 is 2.31 bits per heavy atom. The molecule has 0 saturated heterocycles. The van der Waals surface area contributed by atoms with E-state index in [0.29, 0.717) is 12.3 Å². The van der Waals surface area contributed by atoms with Crippen LogP contribution in [0.15, 0.2) is 91.0 Å². The van der Waals surface area contributed by atoms with Gasteiger partial charge in [-0.2, -0.15) is 0 Å². The number of phenols is 1. The lowest BCUT2D eigenvalue weighted by Gasteiger charge is -2.11. The van der Waals surface area contributed by atoms with Gasteiger partial charge in [-0.05, 0) is 33.5 Å². The van der Waals surface area contributed by atoms with Crippen LogP contribution >= 0.6 is 0 Å². The average molecular weight is 339 g/mol. The van der Waals surface area contributed by atoms with Crippen molar-refractivity contribution in [1.29, 1.82) is 0 Å². The van der Waals surface area contributed by atoms with Gasteiger partial charge in [0.1, 0.15) is 5.75 Å². The predicted octanol–water partition coefficient (Wildman–Crippen LogP) is 5.50. The van der Waals surface area contributed by atoms with Gasteiger partial charge < -0.3 is 10.4 Å². The molecule has 26 heavy (non-hydrogen) atoms. The van der Waals surface area contributed by atoms with E-state index in [-0.39, 0.29) is 0 Å². The molecule has 4 rings (SSSR count). The van der Waals surface area contributed by atoms with Crippen molar-refractivity contribution in [2.45, 2.75) is 13.1 Å². The minimum atomic E-state index is 0.330. The maximum atomic E-state index is 10.5. The number of rotatable bonds is 5. The fourth-order valence-electron chi connectivity index (χ4n) is 3.30. The van der Waals surface area contributed by atoms with Gasteiger partial charge in [-0.25, -0.2) is 0 Å². The van der Waals surface area contributed by atoms with Crippen LogP contribution in [0.4, 0.5) is 0 Å². The van der Waals surface area contributed by atoms with E-state index in [1.165, 1.54) is 16.3 Å². The van der Waals surface area contributed by atoms with Crippen molar-refractivity contribution in [3.05, 3.63) is 102 Å². The van der Waals surface area contributed by atoms with E-state index in [1.807, 2.05) is 42.5 Å². The van der Waals surface area contributed by atoms with Crippen LogP contribution in [0.3, 0.4) is 0 Å². The van der Waals surface area contributed by atoms with Crippen molar-refractivity contribution in [3.8, 4) is 16.9 Å². The van der Waals surface area contributed by atoms with Crippen LogP contribution in [-0.4, -0.2) is 5.11 Å². The van der Waals surface area contributed by atoms with Gasteiger partial charge in [-0.15, -0.1) is 0 Å². The molecule has 4 aromatic carbocycles. The normalized spacial score (nSPS) is 10.9. The fourth-order valence-corrected chi connectivity index (χ4v) is 3.30. The van der Waals surface area contributed by atoms with Crippen LogP contribution in [-0.2, 0) is 13.1 Å². The Labute approximate surface area is 153 Å². The van der Waals surface area contributed by atoms with Crippen molar-refractivity contribution < 1.29 is 5.11 Å². The maximum Gasteiger partial charge on any atom is 0.120 e. The highest BCUT2D eigenvalue weighted by molar-refractivity contribution is 5.96. The van der Waals surface area contributed by atoms with Gasteiger partial charge in [0, 0.05) is 18.7 Å². The van der Waals surface area contributed by atoms with Gasteiger partial charge in [0.25, 0.3) is 0 Å². The van der Waals surface area contributed by atoms with Gasteiger partial charge in [-0.1, -0.05) is 84.9 Å². The first-order chi connectivity index (χ1) is 12.8. The second-order valence-electron chi connectivity index (χ2n) is 6.46. The van der Waals surface area contributed by atoms with Crippen molar-refractivity contribution >= 4 is 10.8 Å². The molecule has 0 atom stereocenters. The first kappa shape index (κ1) is 16.4. The smallest absolute Gasteiger partial charge is 0.120 e. The topological polar surface area (TPSA) is 32.3 Å². The molecule has 0 bridgehead atoms. The maximum absolute atomic E-state index is 10.5. The molecule has 0 saturated carbocycles. The Morgan fingerprint density at radius 2 is 1.46 bits per heavy atom. The van der Waals surface area contributed by atoms with Gasteiger partial charge in [0.05, 0.1) is 0 Å². The highest BCUT2D eigenvalue weighted by Gasteiger charge is 2.07. The second kappa shape index (κ2) is 7.42. The minimum absolute atomic E-state index is 0.330. The Hall–Kier alpha value is -3.10. The molecule has 2 nitrogen and oxygen atoms in total. The molecule has 0 radical (unpaired) electrons. The number of aromatic hydroxyl groups is 1. The molecule has 128 valence electrons. The zero-order chi connectivity index (χ0) is 17.8. The molecule has 0 spiro atoms. The molecule has 0 fully saturated rings. The van der Waals surface area contributed by atoms with Crippen LogP contribution in [0.1, 0.15) is 11.1 Å². The van der Waals surface area contributed by atoms with Crippen LogP contribution in [0, 0.1) is 0 Å². The van der Waals surface area contributed by atoms with E-state index < -0.39 is 0 Å². The number of fused-ring (bicyclic) bond motifs is 1. The molecule has 4 aromatic rings. The number of nitrogens with one attached hydrogen (secondary N) is 1. The fraction of sp³-hybridized carbons (Fsp3) is 0.0833. The third kappa shape index (κ3) is 3.46. The number of benzene rings is 4. The summed E-state index contributed by atoms with van der Waals surface area (Å²) in [5.74, 6) is 0.330. The molecule has 0 aromatic heterocycles. The number of hydrogen-bond acceptors (Lipinski definition) is 2. The summed E-state index contributed by atoms with van der Waals surface area (Å²) in [6.07, 6.45) is 0. The van der Waals surface area contributed by atoms with E-state index in [2.05, 4.69) is 53.8 Å². The van der Waals surface area contributed by atoms with E-state index in [0.717, 1.165) is 23.2 Å². The molecule has 0 unspecified atom stereocenters. The van der Waals surface area contributed by atoms with Crippen LogP contribution < -0.4 is 5.32 Å². The zero-order valence-electron chi connectivity index (χ0n) is 14.5. The summed E-state index contributed by atoms with van der Waals surface area (Å²) in [4.78, 5) is 0. The van der Waals surface area contributed by atoms with E-state index in [1.54, 1.807) is 0 Å². The molecule has 0 aliphatic carbocycles. The highest BCUT2D eigenvalue weighted by atomic mass is 16.3. The Kier molecular flexibility index (Phi) is 4.67. The predicted molar refractivity (Wildman–Crippen MR) is 108 cm³/mol. The summed E-state index contributed by atoms with van der Waals surface area (Å²) < 4.78 is 0. The Bertz CT molecular complexity index is 1020. The summed E-state index contributed by atoms with van der Waals surface area (Å²) >= 11 is 0. The summed E-state index contributed by atoms with van der Waals surface area (Å²) in [5.41, 5.74) is 4.32. The number of phenolic OH excluding ortho intramolecular Hbond substituents is 1. The standard InChI is InChI=1S/C24H21NO/c26-24-15-20(23-12-6-10-19-9-4-5-11-22(19)23)13-14-21(24)17-25-16-18-7-2-1-3-8-18/h1-15,25-26H,16-17H2. The number of hydrogen-bond donors (Lipinski definition) is 2. The monoisotopic (exact) mass is 339 g/mol. The molecule has 0 aliphatic heterocycles. The summed E-state index contributed by atoms with van der Waals surface area (Å²) in [7, 11) is 0. The summed E-state index contributed by atoms with van der Waals surface area (Å²) in [6, 6.07) is 30.8. The molecule has 0 amide bonds. The van der Waals surface area contributed by atoms with E-state index in [4.69, 9.17) is 0 Å². The molecule has 0 aliphatic rings. The third-order valence-electron chi connectivity index (χ3n) is 4.67. The molecular weight excluding hydrogens is 318 g/mol. The molecule has 0 heterocycles. The lowest BCUT2D eigenvalue weighted by atomic mass is 9.97. The third-order valence-corrected chi connectivity index (χ3v) is 4.67. The van der Waals surface area contributed by atoms with Crippen LogP contribution in [0.25, 0.3) is 21.9 Å². The van der Waals surface area contributed by atoms with Gasteiger partial charge in [-0.3, -0.25) is 0 Å². The van der Waals surface area contributed by atoms with Crippen LogP contribution in [0.5, 0.6) is 5.75 Å². The summed E-state index contributed by atoms with van der Waals surface area (Å²) in [5, 5.41) is 16.3. The molecular formula is C24H21NO. The minimum Gasteiger partial charge on any atom is -0.508 e. The van der Waals surface area contributed by atoms with Crippen molar-refractivity contribution in [2.75, 3.05) is 0 Å². The van der Waals surface area contributed by atoms with E-state index in [9.17, 15) is 5.11 Å². The SMILES string of the molecule is Oc1cc(-c2cccc3ccccc23)ccc1CNCc1ccccc1. The average Bonchev–Trinajstić information content (AvgIpc) is 2.69. The summed E-state index contributed by atoms with van der Waals surface area (Å²) in [6.45, 7) is 1.42. The van der Waals surface area contributed by atoms with Crippen molar-refractivity contribution in [1.82, 2.24) is 5.32 Å². The Balaban J connectivity index is 1.54. The van der Waals surface area contributed by atoms with Gasteiger partial charge >= 0.3 is 0 Å². The van der Waals surface area contributed by atoms with Gasteiger partial charge in [0.15, 0.2) is 0 Å². The van der Waals surface area contributed by atoms with Crippen molar-refractivity contribution in [3.63, 3.8) is 0 Å². The largest absolute Gasteiger partial charge is 0.508 e. The van der Waals surface area contributed by atoms with Gasteiger partial charge in [0.2, 0.25) is 0 Å². The highest BCUT2D eigenvalue weighted by Crippen LogP contribution is 2.31.